The van der Waals surface area contributed by atoms with E-state index in [1.165, 1.54) is 35.6 Å². The van der Waals surface area contributed by atoms with Crippen molar-refractivity contribution in [2.75, 3.05) is 10.6 Å². The van der Waals surface area contributed by atoms with Gasteiger partial charge >= 0.3 is 0 Å². The van der Waals surface area contributed by atoms with E-state index in [9.17, 15) is 9.18 Å². The van der Waals surface area contributed by atoms with Crippen LogP contribution in [-0.4, -0.2) is 15.9 Å². The van der Waals surface area contributed by atoms with E-state index in [0.29, 0.717) is 11.3 Å². The summed E-state index contributed by atoms with van der Waals surface area (Å²) in [6, 6.07) is 16.5. The van der Waals surface area contributed by atoms with Crippen LogP contribution in [0.2, 0.25) is 0 Å². The van der Waals surface area contributed by atoms with Crippen molar-refractivity contribution in [3.63, 3.8) is 0 Å². The number of carbonyl (C=O) groups is 1. The van der Waals surface area contributed by atoms with E-state index >= 15 is 0 Å². The van der Waals surface area contributed by atoms with Gasteiger partial charge in [0.1, 0.15) is 5.82 Å². The number of pyridine rings is 1. The van der Waals surface area contributed by atoms with Gasteiger partial charge in [0, 0.05) is 40.3 Å². The molecule has 138 valence electrons. The highest BCUT2D eigenvalue weighted by molar-refractivity contribution is 7.14. The second-order valence-corrected chi connectivity index (χ2v) is 6.80. The summed E-state index contributed by atoms with van der Waals surface area (Å²) in [6.45, 7) is 0. The number of anilines is 3. The van der Waals surface area contributed by atoms with E-state index in [1.54, 1.807) is 24.5 Å². The number of halogens is 1. The van der Waals surface area contributed by atoms with Crippen molar-refractivity contribution in [2.24, 2.45) is 0 Å². The highest BCUT2D eigenvalue weighted by Crippen LogP contribution is 2.27. The first kappa shape index (κ1) is 17.8. The monoisotopic (exact) mass is 390 g/mol. The molecule has 0 fully saturated rings. The van der Waals surface area contributed by atoms with Crippen LogP contribution in [0.15, 0.2) is 78.4 Å². The molecule has 7 heteroatoms. The topological polar surface area (TPSA) is 66.9 Å². The zero-order valence-corrected chi connectivity index (χ0v) is 15.4. The zero-order chi connectivity index (χ0) is 19.3. The highest BCUT2D eigenvalue weighted by atomic mass is 32.1. The number of hydrogen-bond acceptors (Lipinski definition) is 5. The maximum Gasteiger partial charge on any atom is 0.255 e. The molecular weight excluding hydrogens is 375 g/mol. The third-order valence-electron chi connectivity index (χ3n) is 3.98. The fourth-order valence-electron chi connectivity index (χ4n) is 2.55. The summed E-state index contributed by atoms with van der Waals surface area (Å²) in [5.41, 5.74) is 3.80. The van der Waals surface area contributed by atoms with Crippen molar-refractivity contribution in [3.8, 4) is 11.3 Å². The molecule has 0 aliphatic carbocycles. The number of hydrogen-bond donors (Lipinski definition) is 2. The van der Waals surface area contributed by atoms with Crippen LogP contribution in [0.4, 0.5) is 20.9 Å². The summed E-state index contributed by atoms with van der Waals surface area (Å²) in [4.78, 5) is 20.8. The molecule has 0 bridgehead atoms. The van der Waals surface area contributed by atoms with Crippen LogP contribution in [-0.2, 0) is 0 Å². The molecule has 0 radical (unpaired) electrons. The summed E-state index contributed by atoms with van der Waals surface area (Å²) >= 11 is 1.51. The molecule has 1 amide bonds. The van der Waals surface area contributed by atoms with Gasteiger partial charge in [0.15, 0.2) is 5.13 Å². The Morgan fingerprint density at radius 2 is 1.57 bits per heavy atom. The molecule has 0 saturated carbocycles. The summed E-state index contributed by atoms with van der Waals surface area (Å²) in [5.74, 6) is -0.663. The zero-order valence-electron chi connectivity index (χ0n) is 14.6. The van der Waals surface area contributed by atoms with Gasteiger partial charge in [0.05, 0.1) is 5.69 Å². The number of nitrogens with zero attached hydrogens (tertiary/aromatic N) is 2. The molecule has 2 N–H and O–H groups in total. The van der Waals surface area contributed by atoms with Crippen molar-refractivity contribution in [1.29, 1.82) is 0 Å². The van der Waals surface area contributed by atoms with Gasteiger partial charge in [-0.2, -0.15) is 0 Å². The molecule has 0 spiro atoms. The second kappa shape index (κ2) is 7.98. The molecule has 0 aliphatic rings. The fourth-order valence-corrected chi connectivity index (χ4v) is 3.29. The standard InChI is InChI=1S/C21H15FN4OS/c22-16-3-1-15(2-4-16)20(27)24-17-5-7-18(8-6-17)25-21-26-19(13-28-21)14-9-11-23-12-10-14/h1-13H,(H,24,27)(H,25,26). The lowest BCUT2D eigenvalue weighted by Gasteiger charge is -2.07. The maximum atomic E-state index is 13.0. The van der Waals surface area contributed by atoms with Gasteiger partial charge in [-0.3, -0.25) is 9.78 Å². The number of benzene rings is 2. The predicted octanol–water partition coefficient (Wildman–Crippen LogP) is 5.34. The number of amides is 1. The molecule has 28 heavy (non-hydrogen) atoms. The molecule has 4 aromatic rings. The summed E-state index contributed by atoms with van der Waals surface area (Å²) in [5, 5.41) is 8.79. The molecular formula is C21H15FN4OS. The molecule has 2 heterocycles. The van der Waals surface area contributed by atoms with E-state index in [4.69, 9.17) is 0 Å². The van der Waals surface area contributed by atoms with Crippen molar-refractivity contribution >= 4 is 33.8 Å². The van der Waals surface area contributed by atoms with Crippen LogP contribution in [0.3, 0.4) is 0 Å². The lowest BCUT2D eigenvalue weighted by Crippen LogP contribution is -2.11. The molecule has 4 rings (SSSR count). The average molecular weight is 390 g/mol. The van der Waals surface area contributed by atoms with Gasteiger partial charge < -0.3 is 10.6 Å². The normalized spacial score (nSPS) is 10.5. The highest BCUT2D eigenvalue weighted by Gasteiger charge is 2.07. The Morgan fingerprint density at radius 1 is 0.893 bits per heavy atom. The van der Waals surface area contributed by atoms with Crippen LogP contribution in [0, 0.1) is 5.82 Å². The van der Waals surface area contributed by atoms with E-state index < -0.39 is 0 Å². The second-order valence-electron chi connectivity index (χ2n) is 5.94. The van der Waals surface area contributed by atoms with Gasteiger partial charge in [-0.05, 0) is 60.7 Å². The number of carbonyl (C=O) groups excluding carboxylic acids is 1. The SMILES string of the molecule is O=C(Nc1ccc(Nc2nc(-c3ccncc3)cs2)cc1)c1ccc(F)cc1. The van der Waals surface area contributed by atoms with Crippen molar-refractivity contribution in [1.82, 2.24) is 9.97 Å². The first-order valence-corrected chi connectivity index (χ1v) is 9.35. The predicted molar refractivity (Wildman–Crippen MR) is 109 cm³/mol. The minimum absolute atomic E-state index is 0.289. The Hall–Kier alpha value is -3.58. The van der Waals surface area contributed by atoms with Crippen LogP contribution < -0.4 is 10.6 Å². The minimum Gasteiger partial charge on any atom is -0.332 e. The van der Waals surface area contributed by atoms with Crippen LogP contribution in [0.1, 0.15) is 10.4 Å². The number of thiazole rings is 1. The number of rotatable bonds is 5. The van der Waals surface area contributed by atoms with E-state index in [0.717, 1.165) is 22.1 Å². The average Bonchev–Trinajstić information content (AvgIpc) is 3.19. The Balaban J connectivity index is 1.40. The largest absolute Gasteiger partial charge is 0.332 e. The third-order valence-corrected chi connectivity index (χ3v) is 4.74. The van der Waals surface area contributed by atoms with Gasteiger partial charge in [-0.15, -0.1) is 11.3 Å². The number of aromatic nitrogens is 2. The molecule has 0 saturated heterocycles. The Kier molecular flexibility index (Phi) is 5.07. The van der Waals surface area contributed by atoms with Gasteiger partial charge in [-0.25, -0.2) is 9.37 Å². The molecule has 2 aromatic carbocycles. The van der Waals surface area contributed by atoms with Crippen molar-refractivity contribution in [2.45, 2.75) is 0 Å². The summed E-state index contributed by atoms with van der Waals surface area (Å²) in [6.07, 6.45) is 3.47. The van der Waals surface area contributed by atoms with Gasteiger partial charge in [-0.1, -0.05) is 0 Å². The molecule has 5 nitrogen and oxygen atoms in total. The summed E-state index contributed by atoms with van der Waals surface area (Å²) < 4.78 is 13.0. The quantitative estimate of drug-likeness (QED) is 0.483. The van der Waals surface area contributed by atoms with Gasteiger partial charge in [0.25, 0.3) is 5.91 Å². The lowest BCUT2D eigenvalue weighted by molar-refractivity contribution is 0.102. The van der Waals surface area contributed by atoms with Crippen molar-refractivity contribution < 1.29 is 9.18 Å². The van der Waals surface area contributed by atoms with Crippen LogP contribution in [0.5, 0.6) is 0 Å². The van der Waals surface area contributed by atoms with Crippen LogP contribution in [0.25, 0.3) is 11.3 Å². The van der Waals surface area contributed by atoms with Gasteiger partial charge in [0.2, 0.25) is 0 Å². The molecule has 0 unspecified atom stereocenters. The Bertz CT molecular complexity index is 1080. The third kappa shape index (κ3) is 4.21. The van der Waals surface area contributed by atoms with Crippen LogP contribution >= 0.6 is 11.3 Å². The lowest BCUT2D eigenvalue weighted by atomic mass is 10.2. The van der Waals surface area contributed by atoms with E-state index in [2.05, 4.69) is 20.6 Å². The molecule has 0 atom stereocenters. The minimum atomic E-state index is -0.374. The smallest absolute Gasteiger partial charge is 0.255 e. The van der Waals surface area contributed by atoms with E-state index in [1.807, 2.05) is 29.6 Å². The maximum absolute atomic E-state index is 13.0. The molecule has 2 aromatic heterocycles. The summed E-state index contributed by atoms with van der Waals surface area (Å²) in [7, 11) is 0. The molecule has 0 aliphatic heterocycles. The van der Waals surface area contributed by atoms with E-state index in [-0.39, 0.29) is 11.7 Å². The first-order valence-electron chi connectivity index (χ1n) is 8.47. The fraction of sp³-hybridized carbons (Fsp3) is 0. The Morgan fingerprint density at radius 3 is 2.29 bits per heavy atom. The Labute approximate surface area is 164 Å². The first-order chi connectivity index (χ1) is 13.7. The number of nitrogens with one attached hydrogen (secondary N) is 2. The van der Waals surface area contributed by atoms with Crippen molar-refractivity contribution in [3.05, 3.63) is 89.8 Å².